The zero-order valence-electron chi connectivity index (χ0n) is 7.19. The van der Waals surface area contributed by atoms with Crippen molar-refractivity contribution in [2.75, 3.05) is 7.11 Å². The van der Waals surface area contributed by atoms with Crippen molar-refractivity contribution in [3.8, 4) is 5.88 Å². The van der Waals surface area contributed by atoms with Crippen LogP contribution in [0.15, 0.2) is 12.3 Å². The largest absolute Gasteiger partial charge is 0.481 e. The lowest BCUT2D eigenvalue weighted by Crippen LogP contribution is -2.08. The molecule has 4 heteroatoms. The van der Waals surface area contributed by atoms with Gasteiger partial charge in [-0.1, -0.05) is 0 Å². The fourth-order valence-electron chi connectivity index (χ4n) is 0.857. The molecule has 0 amide bonds. The van der Waals surface area contributed by atoms with Crippen LogP contribution in [0.4, 0.5) is 0 Å². The molecule has 0 aliphatic carbocycles. The molecule has 1 N–H and O–H groups in total. The second-order valence-electron chi connectivity index (χ2n) is 2.57. The Morgan fingerprint density at radius 3 is 3.00 bits per heavy atom. The van der Waals surface area contributed by atoms with Crippen LogP contribution < -0.4 is 4.74 Å². The maximum atomic E-state index is 9.05. The lowest BCUT2D eigenvalue weighted by molar-refractivity contribution is 0.192. The van der Waals surface area contributed by atoms with E-state index in [2.05, 4.69) is 9.97 Å². The Hall–Kier alpha value is -1.16. The van der Waals surface area contributed by atoms with Gasteiger partial charge in [0.1, 0.15) is 5.82 Å². The number of aliphatic hydroxyl groups excluding tert-OH is 1. The fourth-order valence-corrected chi connectivity index (χ4v) is 0.857. The van der Waals surface area contributed by atoms with Crippen molar-refractivity contribution in [1.82, 2.24) is 9.97 Å². The maximum absolute atomic E-state index is 9.05. The quantitative estimate of drug-likeness (QED) is 0.710. The third kappa shape index (κ3) is 2.47. The minimum Gasteiger partial charge on any atom is -0.481 e. The molecule has 0 aliphatic heterocycles. The van der Waals surface area contributed by atoms with Crippen molar-refractivity contribution in [3.05, 3.63) is 18.1 Å². The topological polar surface area (TPSA) is 55.2 Å². The van der Waals surface area contributed by atoms with E-state index < -0.39 is 6.10 Å². The molecular formula is C8H12N2O2. The molecule has 0 radical (unpaired) electrons. The summed E-state index contributed by atoms with van der Waals surface area (Å²) in [7, 11) is 1.55. The summed E-state index contributed by atoms with van der Waals surface area (Å²) in [6, 6.07) is 1.67. The van der Waals surface area contributed by atoms with Crippen LogP contribution in [0, 0.1) is 0 Å². The zero-order chi connectivity index (χ0) is 8.97. The lowest BCUT2D eigenvalue weighted by atomic mass is 10.3. The van der Waals surface area contributed by atoms with Crippen molar-refractivity contribution in [3.63, 3.8) is 0 Å². The lowest BCUT2D eigenvalue weighted by Gasteiger charge is -2.03. The molecule has 1 heterocycles. The molecule has 1 unspecified atom stereocenters. The Kier molecular flexibility index (Phi) is 2.99. The number of nitrogens with zero attached hydrogens (tertiary/aromatic N) is 2. The highest BCUT2D eigenvalue weighted by Gasteiger charge is 2.02. The van der Waals surface area contributed by atoms with Crippen LogP contribution in [0.2, 0.25) is 0 Å². The summed E-state index contributed by atoms with van der Waals surface area (Å²) in [5, 5.41) is 9.05. The summed E-state index contributed by atoms with van der Waals surface area (Å²) in [5.41, 5.74) is 0. The Bertz CT molecular complexity index is 251. The van der Waals surface area contributed by atoms with E-state index in [1.807, 2.05) is 0 Å². The van der Waals surface area contributed by atoms with E-state index in [-0.39, 0.29) is 0 Å². The number of hydrogen-bond acceptors (Lipinski definition) is 4. The number of aliphatic hydroxyl groups is 1. The van der Waals surface area contributed by atoms with Gasteiger partial charge in [-0.2, -0.15) is 4.98 Å². The first-order chi connectivity index (χ1) is 5.72. The summed E-state index contributed by atoms with van der Waals surface area (Å²) in [5.74, 6) is 1.13. The summed E-state index contributed by atoms with van der Waals surface area (Å²) in [6.07, 6.45) is 1.65. The van der Waals surface area contributed by atoms with Gasteiger partial charge in [-0.25, -0.2) is 4.98 Å². The number of ether oxygens (including phenoxy) is 1. The third-order valence-corrected chi connectivity index (χ3v) is 1.37. The van der Waals surface area contributed by atoms with Crippen LogP contribution in [-0.4, -0.2) is 28.3 Å². The molecule has 12 heavy (non-hydrogen) atoms. The van der Waals surface area contributed by atoms with Crippen LogP contribution >= 0.6 is 0 Å². The number of aromatic nitrogens is 2. The van der Waals surface area contributed by atoms with Crippen LogP contribution in [-0.2, 0) is 6.42 Å². The minimum atomic E-state index is -0.419. The number of hydrogen-bond donors (Lipinski definition) is 1. The third-order valence-electron chi connectivity index (χ3n) is 1.37. The van der Waals surface area contributed by atoms with Gasteiger partial charge in [0.15, 0.2) is 0 Å². The highest BCUT2D eigenvalue weighted by molar-refractivity contribution is 5.08. The second kappa shape index (κ2) is 4.01. The second-order valence-corrected chi connectivity index (χ2v) is 2.57. The molecule has 0 bridgehead atoms. The molecule has 0 aliphatic rings. The van der Waals surface area contributed by atoms with E-state index in [1.165, 1.54) is 0 Å². The van der Waals surface area contributed by atoms with Gasteiger partial charge in [-0.3, -0.25) is 0 Å². The highest BCUT2D eigenvalue weighted by Crippen LogP contribution is 2.04. The molecule has 0 aromatic carbocycles. The van der Waals surface area contributed by atoms with E-state index in [4.69, 9.17) is 9.84 Å². The maximum Gasteiger partial charge on any atom is 0.216 e. The van der Waals surface area contributed by atoms with Gasteiger partial charge in [0.05, 0.1) is 13.2 Å². The van der Waals surface area contributed by atoms with Crippen molar-refractivity contribution in [2.24, 2.45) is 0 Å². The standard InChI is InChI=1S/C8H12N2O2/c1-6(11)5-7-9-4-3-8(10-7)12-2/h3-4,6,11H,5H2,1-2H3. The summed E-state index contributed by atoms with van der Waals surface area (Å²) in [4.78, 5) is 8.01. The van der Waals surface area contributed by atoms with Gasteiger partial charge < -0.3 is 9.84 Å². The first kappa shape index (κ1) is 8.93. The average Bonchev–Trinajstić information content (AvgIpc) is 2.03. The van der Waals surface area contributed by atoms with Crippen LogP contribution in [0.25, 0.3) is 0 Å². The van der Waals surface area contributed by atoms with Crippen LogP contribution in [0.5, 0.6) is 5.88 Å². The van der Waals surface area contributed by atoms with Gasteiger partial charge in [0.25, 0.3) is 0 Å². The highest BCUT2D eigenvalue weighted by atomic mass is 16.5. The molecule has 0 saturated carbocycles. The molecule has 1 aromatic rings. The van der Waals surface area contributed by atoms with Gasteiger partial charge in [-0.15, -0.1) is 0 Å². The summed E-state index contributed by atoms with van der Waals surface area (Å²) in [6.45, 7) is 1.70. The number of rotatable bonds is 3. The molecular weight excluding hydrogens is 156 g/mol. The van der Waals surface area contributed by atoms with Crippen LogP contribution in [0.3, 0.4) is 0 Å². The zero-order valence-corrected chi connectivity index (χ0v) is 7.19. The monoisotopic (exact) mass is 168 g/mol. The Morgan fingerprint density at radius 2 is 2.42 bits per heavy atom. The van der Waals surface area contributed by atoms with Gasteiger partial charge in [0, 0.05) is 18.7 Å². The Labute approximate surface area is 71.2 Å². The molecule has 1 rings (SSSR count). The predicted molar refractivity (Wildman–Crippen MR) is 44.0 cm³/mol. The molecule has 0 spiro atoms. The molecule has 66 valence electrons. The Balaban J connectivity index is 2.72. The molecule has 1 atom stereocenters. The van der Waals surface area contributed by atoms with E-state index >= 15 is 0 Å². The number of methoxy groups -OCH3 is 1. The first-order valence-corrected chi connectivity index (χ1v) is 3.76. The normalized spacial score (nSPS) is 12.6. The fraction of sp³-hybridized carbons (Fsp3) is 0.500. The van der Waals surface area contributed by atoms with Crippen molar-refractivity contribution < 1.29 is 9.84 Å². The van der Waals surface area contributed by atoms with E-state index in [1.54, 1.807) is 26.3 Å². The van der Waals surface area contributed by atoms with E-state index in [0.717, 1.165) is 0 Å². The Morgan fingerprint density at radius 1 is 1.67 bits per heavy atom. The van der Waals surface area contributed by atoms with Crippen LogP contribution in [0.1, 0.15) is 12.7 Å². The van der Waals surface area contributed by atoms with Crippen molar-refractivity contribution in [1.29, 1.82) is 0 Å². The van der Waals surface area contributed by atoms with Gasteiger partial charge in [0.2, 0.25) is 5.88 Å². The van der Waals surface area contributed by atoms with Gasteiger partial charge >= 0.3 is 0 Å². The summed E-state index contributed by atoms with van der Waals surface area (Å²) >= 11 is 0. The molecule has 0 saturated heterocycles. The van der Waals surface area contributed by atoms with E-state index in [9.17, 15) is 0 Å². The summed E-state index contributed by atoms with van der Waals surface area (Å²) < 4.78 is 4.90. The smallest absolute Gasteiger partial charge is 0.216 e. The van der Waals surface area contributed by atoms with Gasteiger partial charge in [-0.05, 0) is 6.92 Å². The molecule has 4 nitrogen and oxygen atoms in total. The van der Waals surface area contributed by atoms with Crippen molar-refractivity contribution in [2.45, 2.75) is 19.4 Å². The predicted octanol–water partition coefficient (Wildman–Crippen LogP) is 0.408. The molecule has 0 fully saturated rings. The minimum absolute atomic E-state index is 0.419. The van der Waals surface area contributed by atoms with Crippen molar-refractivity contribution >= 4 is 0 Å². The molecule has 1 aromatic heterocycles. The first-order valence-electron chi connectivity index (χ1n) is 3.76. The average molecular weight is 168 g/mol. The van der Waals surface area contributed by atoms with E-state index in [0.29, 0.717) is 18.1 Å². The SMILES string of the molecule is COc1ccnc(CC(C)O)n1.